The summed E-state index contributed by atoms with van der Waals surface area (Å²) in [5, 5.41) is 9.16. The summed E-state index contributed by atoms with van der Waals surface area (Å²) in [5.74, 6) is -1.51. The van der Waals surface area contributed by atoms with Gasteiger partial charge in [-0.3, -0.25) is 4.98 Å². The highest BCUT2D eigenvalue weighted by Crippen LogP contribution is 2.25. The number of hydrogen-bond acceptors (Lipinski definition) is 2. The average Bonchev–Trinajstić information content (AvgIpc) is 2.28. The molecule has 4 heteroatoms. The molecule has 1 heterocycles. The molecule has 0 spiro atoms. The minimum atomic E-state index is -1.03. The molecule has 0 aliphatic rings. The van der Waals surface area contributed by atoms with E-state index >= 15 is 0 Å². The number of aryl methyl sites for hydroxylation is 1. The summed E-state index contributed by atoms with van der Waals surface area (Å²) < 4.78 is 13.1. The SMILES string of the molecule is Cc1cccc(-c2cncc(F)c2)c1C(=O)O. The molecule has 17 heavy (non-hydrogen) atoms. The number of carboxylic acid groups (broad SMARTS) is 1. The zero-order chi connectivity index (χ0) is 12.4. The van der Waals surface area contributed by atoms with E-state index in [0.717, 1.165) is 6.20 Å². The van der Waals surface area contributed by atoms with Crippen LogP contribution >= 0.6 is 0 Å². The second-order valence-electron chi connectivity index (χ2n) is 3.69. The third-order valence-corrected chi connectivity index (χ3v) is 2.50. The van der Waals surface area contributed by atoms with Gasteiger partial charge in [0.15, 0.2) is 0 Å². The van der Waals surface area contributed by atoms with Gasteiger partial charge < -0.3 is 5.11 Å². The molecule has 0 fully saturated rings. The van der Waals surface area contributed by atoms with Gasteiger partial charge in [-0.25, -0.2) is 9.18 Å². The van der Waals surface area contributed by atoms with Crippen molar-refractivity contribution in [1.82, 2.24) is 4.98 Å². The number of carbonyl (C=O) groups is 1. The number of benzene rings is 1. The van der Waals surface area contributed by atoms with Crippen molar-refractivity contribution in [1.29, 1.82) is 0 Å². The van der Waals surface area contributed by atoms with Gasteiger partial charge in [0, 0.05) is 11.8 Å². The lowest BCUT2D eigenvalue weighted by molar-refractivity contribution is 0.0697. The molecule has 1 aromatic carbocycles. The van der Waals surface area contributed by atoms with E-state index in [9.17, 15) is 9.18 Å². The van der Waals surface area contributed by atoms with Crippen molar-refractivity contribution in [3.63, 3.8) is 0 Å². The van der Waals surface area contributed by atoms with Crippen LogP contribution in [0.15, 0.2) is 36.7 Å². The van der Waals surface area contributed by atoms with E-state index < -0.39 is 11.8 Å². The van der Waals surface area contributed by atoms with Gasteiger partial charge in [0.05, 0.1) is 11.8 Å². The van der Waals surface area contributed by atoms with Crippen molar-refractivity contribution in [2.75, 3.05) is 0 Å². The summed E-state index contributed by atoms with van der Waals surface area (Å²) in [6, 6.07) is 6.36. The third kappa shape index (κ3) is 2.15. The predicted octanol–water partition coefficient (Wildman–Crippen LogP) is 2.89. The fraction of sp³-hybridized carbons (Fsp3) is 0.0769. The van der Waals surface area contributed by atoms with Gasteiger partial charge in [-0.15, -0.1) is 0 Å². The average molecular weight is 231 g/mol. The lowest BCUT2D eigenvalue weighted by atomic mass is 9.97. The molecule has 86 valence electrons. The quantitative estimate of drug-likeness (QED) is 0.864. The van der Waals surface area contributed by atoms with Gasteiger partial charge in [0.2, 0.25) is 0 Å². The number of nitrogens with zero attached hydrogens (tertiary/aromatic N) is 1. The first-order valence-electron chi connectivity index (χ1n) is 5.03. The summed E-state index contributed by atoms with van der Waals surface area (Å²) >= 11 is 0. The van der Waals surface area contributed by atoms with Gasteiger partial charge in [-0.05, 0) is 24.1 Å². The molecule has 0 saturated heterocycles. The lowest BCUT2D eigenvalue weighted by Crippen LogP contribution is -2.02. The van der Waals surface area contributed by atoms with Crippen molar-refractivity contribution in [3.05, 3.63) is 53.6 Å². The zero-order valence-corrected chi connectivity index (χ0v) is 9.14. The number of pyridine rings is 1. The molecule has 2 rings (SSSR count). The van der Waals surface area contributed by atoms with E-state index in [2.05, 4.69) is 4.98 Å². The molecule has 0 atom stereocenters. The minimum Gasteiger partial charge on any atom is -0.478 e. The second kappa shape index (κ2) is 4.33. The molecule has 0 amide bonds. The maximum atomic E-state index is 13.1. The van der Waals surface area contributed by atoms with Crippen LogP contribution in [0.4, 0.5) is 4.39 Å². The molecule has 3 nitrogen and oxygen atoms in total. The molecule has 0 unspecified atom stereocenters. The van der Waals surface area contributed by atoms with Crippen molar-refractivity contribution in [2.24, 2.45) is 0 Å². The smallest absolute Gasteiger partial charge is 0.336 e. The summed E-state index contributed by atoms with van der Waals surface area (Å²) in [5.41, 5.74) is 1.76. The largest absolute Gasteiger partial charge is 0.478 e. The van der Waals surface area contributed by atoms with Crippen molar-refractivity contribution < 1.29 is 14.3 Å². The van der Waals surface area contributed by atoms with Crippen LogP contribution in [0.1, 0.15) is 15.9 Å². The van der Waals surface area contributed by atoms with E-state index in [1.54, 1.807) is 25.1 Å². The lowest BCUT2D eigenvalue weighted by Gasteiger charge is -2.08. The van der Waals surface area contributed by atoms with Crippen molar-refractivity contribution >= 4 is 5.97 Å². The molecular weight excluding hydrogens is 221 g/mol. The Morgan fingerprint density at radius 3 is 2.76 bits per heavy atom. The highest BCUT2D eigenvalue weighted by molar-refractivity contribution is 5.97. The van der Waals surface area contributed by atoms with Crippen LogP contribution in [-0.2, 0) is 0 Å². The Labute approximate surface area is 97.6 Å². The first-order chi connectivity index (χ1) is 8.09. The van der Waals surface area contributed by atoms with Gasteiger partial charge in [-0.2, -0.15) is 0 Å². The number of hydrogen-bond donors (Lipinski definition) is 1. The Morgan fingerprint density at radius 1 is 1.35 bits per heavy atom. The molecule has 0 radical (unpaired) electrons. The molecule has 0 aliphatic heterocycles. The van der Waals surface area contributed by atoms with E-state index in [-0.39, 0.29) is 5.56 Å². The standard InChI is InChI=1S/C13H10FNO2/c1-8-3-2-4-11(12(8)13(16)17)9-5-10(14)7-15-6-9/h2-7H,1H3,(H,16,17). The van der Waals surface area contributed by atoms with Crippen LogP contribution < -0.4 is 0 Å². The van der Waals surface area contributed by atoms with Crippen LogP contribution in [-0.4, -0.2) is 16.1 Å². The van der Waals surface area contributed by atoms with Crippen molar-refractivity contribution in [3.8, 4) is 11.1 Å². The number of halogens is 1. The maximum absolute atomic E-state index is 13.1. The fourth-order valence-electron chi connectivity index (χ4n) is 1.75. The van der Waals surface area contributed by atoms with Crippen LogP contribution in [0, 0.1) is 12.7 Å². The molecule has 1 N–H and O–H groups in total. The Hall–Kier alpha value is -2.23. The predicted molar refractivity (Wildman–Crippen MR) is 61.3 cm³/mol. The Morgan fingerprint density at radius 2 is 2.12 bits per heavy atom. The van der Waals surface area contributed by atoms with Crippen LogP contribution in [0.2, 0.25) is 0 Å². The van der Waals surface area contributed by atoms with Crippen LogP contribution in [0.3, 0.4) is 0 Å². The normalized spacial score (nSPS) is 10.2. The Balaban J connectivity index is 2.67. The number of aromatic carboxylic acids is 1. The van der Waals surface area contributed by atoms with Gasteiger partial charge in [0.25, 0.3) is 0 Å². The summed E-state index contributed by atoms with van der Waals surface area (Å²) in [7, 11) is 0. The Bertz CT molecular complexity index is 581. The van der Waals surface area contributed by atoms with Crippen LogP contribution in [0.25, 0.3) is 11.1 Å². The molecular formula is C13H10FNO2. The minimum absolute atomic E-state index is 0.180. The van der Waals surface area contributed by atoms with Crippen molar-refractivity contribution in [2.45, 2.75) is 6.92 Å². The van der Waals surface area contributed by atoms with E-state index in [0.29, 0.717) is 16.7 Å². The maximum Gasteiger partial charge on any atom is 0.336 e. The number of rotatable bonds is 2. The fourth-order valence-corrected chi connectivity index (χ4v) is 1.75. The highest BCUT2D eigenvalue weighted by atomic mass is 19.1. The molecule has 0 bridgehead atoms. The second-order valence-corrected chi connectivity index (χ2v) is 3.69. The summed E-state index contributed by atoms with van der Waals surface area (Å²) in [6.07, 6.45) is 2.53. The van der Waals surface area contributed by atoms with E-state index in [1.165, 1.54) is 12.3 Å². The number of aromatic nitrogens is 1. The van der Waals surface area contributed by atoms with Gasteiger partial charge >= 0.3 is 5.97 Å². The van der Waals surface area contributed by atoms with Crippen LogP contribution in [0.5, 0.6) is 0 Å². The first-order valence-corrected chi connectivity index (χ1v) is 5.03. The zero-order valence-electron chi connectivity index (χ0n) is 9.14. The Kier molecular flexibility index (Phi) is 2.87. The number of carboxylic acids is 1. The molecule has 2 aromatic rings. The van der Waals surface area contributed by atoms with E-state index in [1.807, 2.05) is 0 Å². The molecule has 0 saturated carbocycles. The summed E-state index contributed by atoms with van der Waals surface area (Å²) in [6.45, 7) is 1.71. The molecule has 1 aromatic heterocycles. The monoisotopic (exact) mass is 231 g/mol. The van der Waals surface area contributed by atoms with Gasteiger partial charge in [0.1, 0.15) is 5.82 Å². The van der Waals surface area contributed by atoms with E-state index in [4.69, 9.17) is 5.11 Å². The van der Waals surface area contributed by atoms with Gasteiger partial charge in [-0.1, -0.05) is 18.2 Å². The third-order valence-electron chi connectivity index (χ3n) is 2.50. The highest BCUT2D eigenvalue weighted by Gasteiger charge is 2.14. The first kappa shape index (κ1) is 11.3. The topological polar surface area (TPSA) is 50.2 Å². The summed E-state index contributed by atoms with van der Waals surface area (Å²) in [4.78, 5) is 14.9. The molecule has 0 aliphatic carbocycles.